The third kappa shape index (κ3) is 7.75. The first-order chi connectivity index (χ1) is 19.6. The SMILES string of the molecule is Cc1cn(CCC(=O)Nc2ccc(/C=N/c3ccc(NC(=O)CCn4cc(C)c(=O)[nH]c4=O)o3)cc2)c(=O)[nH]c1=O. The van der Waals surface area contributed by atoms with Gasteiger partial charge >= 0.3 is 11.4 Å². The molecule has 3 heterocycles. The molecule has 4 aromatic rings. The van der Waals surface area contributed by atoms with Crippen LogP contribution >= 0.6 is 0 Å². The zero-order valence-electron chi connectivity index (χ0n) is 22.2. The third-order valence-electron chi connectivity index (χ3n) is 5.93. The lowest BCUT2D eigenvalue weighted by Crippen LogP contribution is -2.31. The monoisotopic (exact) mass is 561 g/mol. The number of rotatable bonds is 10. The molecule has 3 aromatic heterocycles. The number of aliphatic imine (C=N–C) groups is 1. The summed E-state index contributed by atoms with van der Waals surface area (Å²) in [6, 6.07) is 9.98. The van der Waals surface area contributed by atoms with Crippen LogP contribution in [0.15, 0.2) is 77.4 Å². The Bertz CT molecular complexity index is 1840. The maximum atomic E-state index is 12.3. The molecule has 14 heteroatoms. The molecule has 41 heavy (non-hydrogen) atoms. The van der Waals surface area contributed by atoms with Gasteiger partial charge in [-0.1, -0.05) is 12.1 Å². The number of benzene rings is 1. The predicted molar refractivity (Wildman–Crippen MR) is 151 cm³/mol. The van der Waals surface area contributed by atoms with E-state index in [1.54, 1.807) is 56.5 Å². The van der Waals surface area contributed by atoms with Gasteiger partial charge in [0, 0.05) is 73.5 Å². The zero-order chi connectivity index (χ0) is 29.5. The maximum Gasteiger partial charge on any atom is 0.328 e. The highest BCUT2D eigenvalue weighted by atomic mass is 16.4. The van der Waals surface area contributed by atoms with Crippen molar-refractivity contribution in [1.29, 1.82) is 0 Å². The minimum absolute atomic E-state index is 0.0150. The van der Waals surface area contributed by atoms with Gasteiger partial charge in [0.25, 0.3) is 11.1 Å². The van der Waals surface area contributed by atoms with Crippen LogP contribution in [0, 0.1) is 13.8 Å². The number of hydrogen-bond acceptors (Lipinski definition) is 8. The Balaban J connectivity index is 1.25. The van der Waals surface area contributed by atoms with E-state index in [-0.39, 0.29) is 49.5 Å². The van der Waals surface area contributed by atoms with Gasteiger partial charge in [-0.25, -0.2) is 14.6 Å². The zero-order valence-corrected chi connectivity index (χ0v) is 22.2. The van der Waals surface area contributed by atoms with E-state index in [9.17, 15) is 28.8 Å². The van der Waals surface area contributed by atoms with E-state index in [0.717, 1.165) is 5.56 Å². The Morgan fingerprint density at radius 1 is 0.805 bits per heavy atom. The lowest BCUT2D eigenvalue weighted by molar-refractivity contribution is -0.117. The molecule has 2 amide bonds. The Labute approximate surface area is 231 Å². The number of carbonyl (C=O) groups is 2. The Morgan fingerprint density at radius 2 is 1.34 bits per heavy atom. The van der Waals surface area contributed by atoms with Crippen molar-refractivity contribution in [2.45, 2.75) is 39.8 Å². The second kappa shape index (κ2) is 12.5. The molecule has 0 saturated carbocycles. The fourth-order valence-corrected chi connectivity index (χ4v) is 3.69. The van der Waals surface area contributed by atoms with Gasteiger partial charge in [0.2, 0.25) is 23.6 Å². The summed E-state index contributed by atoms with van der Waals surface area (Å²) in [5.41, 5.74) is -0.0523. The molecule has 0 saturated heterocycles. The Kier molecular flexibility index (Phi) is 8.72. The molecule has 4 rings (SSSR count). The van der Waals surface area contributed by atoms with Crippen LogP contribution in [0.3, 0.4) is 0 Å². The van der Waals surface area contributed by atoms with Crippen molar-refractivity contribution >= 4 is 35.5 Å². The summed E-state index contributed by atoms with van der Waals surface area (Å²) in [7, 11) is 0. The summed E-state index contributed by atoms with van der Waals surface area (Å²) < 4.78 is 8.03. The number of aromatic nitrogens is 4. The molecule has 0 atom stereocenters. The lowest BCUT2D eigenvalue weighted by atomic mass is 10.2. The summed E-state index contributed by atoms with van der Waals surface area (Å²) >= 11 is 0. The smallest absolute Gasteiger partial charge is 0.328 e. The molecule has 4 N–H and O–H groups in total. The van der Waals surface area contributed by atoms with Gasteiger partial charge in [0.05, 0.1) is 0 Å². The number of aromatic amines is 2. The molecular weight excluding hydrogens is 534 g/mol. The fourth-order valence-electron chi connectivity index (χ4n) is 3.69. The van der Waals surface area contributed by atoms with Crippen LogP contribution in [0.2, 0.25) is 0 Å². The van der Waals surface area contributed by atoms with Gasteiger partial charge in [-0.15, -0.1) is 0 Å². The third-order valence-corrected chi connectivity index (χ3v) is 5.93. The van der Waals surface area contributed by atoms with Crippen molar-refractivity contribution < 1.29 is 14.0 Å². The van der Waals surface area contributed by atoms with Crippen molar-refractivity contribution in [2.75, 3.05) is 10.6 Å². The molecule has 0 bridgehead atoms. The fraction of sp³-hybridized carbons (Fsp3) is 0.222. The van der Waals surface area contributed by atoms with Crippen molar-refractivity contribution in [3.8, 4) is 0 Å². The molecule has 212 valence electrons. The van der Waals surface area contributed by atoms with Crippen LogP contribution in [0.4, 0.5) is 17.5 Å². The van der Waals surface area contributed by atoms with E-state index in [1.807, 2.05) is 0 Å². The van der Waals surface area contributed by atoms with Crippen LogP contribution < -0.4 is 33.1 Å². The van der Waals surface area contributed by atoms with E-state index < -0.39 is 22.5 Å². The van der Waals surface area contributed by atoms with Gasteiger partial charge in [-0.3, -0.25) is 43.6 Å². The van der Waals surface area contributed by atoms with Gasteiger partial charge in [0.15, 0.2) is 0 Å². The van der Waals surface area contributed by atoms with Gasteiger partial charge < -0.3 is 9.73 Å². The molecule has 14 nitrogen and oxygen atoms in total. The summed E-state index contributed by atoms with van der Waals surface area (Å²) in [5.74, 6) is -0.250. The van der Waals surface area contributed by atoms with Gasteiger partial charge in [-0.2, -0.15) is 0 Å². The summed E-state index contributed by atoms with van der Waals surface area (Å²) in [6.07, 6.45) is 4.39. The average molecular weight is 562 g/mol. The van der Waals surface area contributed by atoms with Gasteiger partial charge in [0.1, 0.15) is 0 Å². The number of H-pyrrole nitrogens is 2. The van der Waals surface area contributed by atoms with Crippen molar-refractivity contribution in [3.05, 3.63) is 107 Å². The van der Waals surface area contributed by atoms with Crippen LogP contribution in [0.25, 0.3) is 0 Å². The van der Waals surface area contributed by atoms with Crippen molar-refractivity contribution in [1.82, 2.24) is 19.1 Å². The number of carbonyl (C=O) groups excluding carboxylic acids is 2. The number of hydrogen-bond donors (Lipinski definition) is 4. The molecule has 0 fully saturated rings. The summed E-state index contributed by atoms with van der Waals surface area (Å²) in [4.78, 5) is 79.7. The van der Waals surface area contributed by atoms with Crippen LogP contribution in [-0.2, 0) is 22.7 Å². The van der Waals surface area contributed by atoms with Crippen LogP contribution in [0.1, 0.15) is 29.5 Å². The van der Waals surface area contributed by atoms with Crippen molar-refractivity contribution in [3.63, 3.8) is 0 Å². The first kappa shape index (κ1) is 28.5. The molecule has 1 aromatic carbocycles. The highest BCUT2D eigenvalue weighted by Crippen LogP contribution is 2.21. The van der Waals surface area contributed by atoms with E-state index >= 15 is 0 Å². The topological polar surface area (TPSA) is 193 Å². The molecule has 0 aliphatic heterocycles. The van der Waals surface area contributed by atoms with E-state index in [2.05, 4.69) is 25.6 Å². The molecule has 0 aliphatic rings. The second-order valence-corrected chi connectivity index (χ2v) is 9.14. The second-order valence-electron chi connectivity index (χ2n) is 9.14. The minimum Gasteiger partial charge on any atom is -0.423 e. The first-order valence-corrected chi connectivity index (χ1v) is 12.5. The highest BCUT2D eigenvalue weighted by Gasteiger charge is 2.09. The standard InChI is InChI=1S/C27H27N7O7/c1-16-14-33(26(39)31-24(16)37)11-9-20(35)29-19-5-3-18(4-6-19)13-28-22-7-8-23(41-22)30-21(36)10-12-34-15-17(2)25(38)32-27(34)40/h3-8,13-15H,9-12H2,1-2H3,(H,29,35)(H,30,36)(H,31,37,39)(H,32,38,40)/b28-13+. The Hall–Kier alpha value is -5.53. The Morgan fingerprint density at radius 3 is 1.90 bits per heavy atom. The molecule has 0 unspecified atom stereocenters. The molecule has 0 spiro atoms. The number of nitrogens with zero attached hydrogens (tertiary/aromatic N) is 3. The normalized spacial score (nSPS) is 11.1. The number of anilines is 2. The first-order valence-electron chi connectivity index (χ1n) is 12.5. The average Bonchev–Trinajstić information content (AvgIpc) is 3.38. The van der Waals surface area contributed by atoms with Gasteiger partial charge in [-0.05, 0) is 31.5 Å². The van der Waals surface area contributed by atoms with Crippen LogP contribution in [0.5, 0.6) is 0 Å². The number of furan rings is 1. The molecular formula is C27H27N7O7. The number of amides is 2. The number of nitrogens with one attached hydrogen (secondary N) is 4. The number of aryl methyl sites for hydroxylation is 4. The van der Waals surface area contributed by atoms with E-state index in [0.29, 0.717) is 16.8 Å². The van der Waals surface area contributed by atoms with Crippen molar-refractivity contribution in [2.24, 2.45) is 4.99 Å². The van der Waals surface area contributed by atoms with E-state index in [4.69, 9.17) is 4.42 Å². The predicted octanol–water partition coefficient (Wildman–Crippen LogP) is 1.40. The largest absolute Gasteiger partial charge is 0.423 e. The molecule has 0 aliphatic carbocycles. The highest BCUT2D eigenvalue weighted by molar-refractivity contribution is 5.91. The van der Waals surface area contributed by atoms with Crippen LogP contribution in [-0.4, -0.2) is 37.1 Å². The quantitative estimate of drug-likeness (QED) is 0.210. The van der Waals surface area contributed by atoms with E-state index in [1.165, 1.54) is 21.5 Å². The summed E-state index contributed by atoms with van der Waals surface area (Å²) in [6.45, 7) is 3.35. The summed E-state index contributed by atoms with van der Waals surface area (Å²) in [5, 5.41) is 5.33. The molecule has 0 radical (unpaired) electrons. The minimum atomic E-state index is -0.589. The lowest BCUT2D eigenvalue weighted by Gasteiger charge is -2.07. The maximum absolute atomic E-state index is 12.3.